The number of rotatable bonds is 7. The SMILES string of the molecule is CN(C)C[C@@H]1CN(C2CCOCC2)C[C@H]1NS(=O)(=O)Cc1cccc(F)c1. The molecule has 2 aliphatic heterocycles. The number of halogens is 1. The highest BCUT2D eigenvalue weighted by atomic mass is 32.2. The van der Waals surface area contributed by atoms with Crippen LogP contribution in [0.2, 0.25) is 0 Å². The summed E-state index contributed by atoms with van der Waals surface area (Å²) in [5.41, 5.74) is 0.464. The Hall–Kier alpha value is -1.06. The van der Waals surface area contributed by atoms with Crippen LogP contribution in [-0.4, -0.2) is 77.2 Å². The van der Waals surface area contributed by atoms with Crippen molar-refractivity contribution in [2.45, 2.75) is 30.7 Å². The minimum Gasteiger partial charge on any atom is -0.381 e. The van der Waals surface area contributed by atoms with Crippen molar-refractivity contribution in [3.8, 4) is 0 Å². The summed E-state index contributed by atoms with van der Waals surface area (Å²) in [7, 11) is 0.474. The molecule has 0 aliphatic carbocycles. The van der Waals surface area contributed by atoms with Crippen LogP contribution < -0.4 is 4.72 Å². The van der Waals surface area contributed by atoms with Gasteiger partial charge in [-0.3, -0.25) is 4.90 Å². The van der Waals surface area contributed by atoms with Gasteiger partial charge in [-0.1, -0.05) is 12.1 Å². The summed E-state index contributed by atoms with van der Waals surface area (Å²) in [6.07, 6.45) is 1.99. The maximum Gasteiger partial charge on any atom is 0.216 e. The van der Waals surface area contributed by atoms with Crippen molar-refractivity contribution in [3.63, 3.8) is 0 Å². The highest BCUT2D eigenvalue weighted by Crippen LogP contribution is 2.25. The molecule has 2 saturated heterocycles. The van der Waals surface area contributed by atoms with E-state index < -0.39 is 15.8 Å². The third kappa shape index (κ3) is 5.96. The van der Waals surface area contributed by atoms with E-state index in [4.69, 9.17) is 4.74 Å². The van der Waals surface area contributed by atoms with E-state index in [-0.39, 0.29) is 17.7 Å². The number of likely N-dealkylation sites (tertiary alicyclic amines) is 1. The molecular formula is C19H30FN3O3S. The fraction of sp³-hybridized carbons (Fsp3) is 0.684. The molecule has 2 atom stereocenters. The van der Waals surface area contributed by atoms with Gasteiger partial charge in [-0.2, -0.15) is 0 Å². The van der Waals surface area contributed by atoms with Gasteiger partial charge in [0.15, 0.2) is 0 Å². The molecular weight excluding hydrogens is 369 g/mol. The zero-order valence-corrected chi connectivity index (χ0v) is 16.9. The Morgan fingerprint density at radius 2 is 2.00 bits per heavy atom. The van der Waals surface area contributed by atoms with Crippen LogP contribution >= 0.6 is 0 Å². The second-order valence-electron chi connectivity index (χ2n) is 7.93. The standard InChI is InChI=1S/C19H30FN3O3S/c1-22(2)11-16-12-23(18-6-8-26-9-7-18)13-19(16)21-27(24,25)14-15-4-3-5-17(20)10-15/h3-5,10,16,18-19,21H,6-9,11-14H2,1-2H3/t16-,19-/m1/s1. The second-order valence-corrected chi connectivity index (χ2v) is 9.69. The molecule has 27 heavy (non-hydrogen) atoms. The van der Waals surface area contributed by atoms with Gasteiger partial charge in [0.05, 0.1) is 5.75 Å². The molecule has 0 bridgehead atoms. The molecule has 8 heteroatoms. The van der Waals surface area contributed by atoms with E-state index in [9.17, 15) is 12.8 Å². The maximum atomic E-state index is 13.4. The van der Waals surface area contributed by atoms with Crippen LogP contribution in [0.1, 0.15) is 18.4 Å². The third-order valence-corrected chi connectivity index (χ3v) is 6.73. The molecule has 0 amide bonds. The smallest absolute Gasteiger partial charge is 0.216 e. The van der Waals surface area contributed by atoms with Crippen molar-refractivity contribution in [2.24, 2.45) is 5.92 Å². The van der Waals surface area contributed by atoms with Gasteiger partial charge >= 0.3 is 0 Å². The highest BCUT2D eigenvalue weighted by Gasteiger charge is 2.38. The minimum atomic E-state index is -3.54. The van der Waals surface area contributed by atoms with E-state index in [1.54, 1.807) is 6.07 Å². The minimum absolute atomic E-state index is 0.131. The van der Waals surface area contributed by atoms with Gasteiger partial charge in [-0.15, -0.1) is 0 Å². The van der Waals surface area contributed by atoms with Crippen LogP contribution in [0, 0.1) is 11.7 Å². The quantitative estimate of drug-likeness (QED) is 0.749. The molecule has 0 unspecified atom stereocenters. The topological polar surface area (TPSA) is 61.9 Å². The summed E-state index contributed by atoms with van der Waals surface area (Å²) < 4.78 is 47.1. The predicted octanol–water partition coefficient (Wildman–Crippen LogP) is 1.29. The van der Waals surface area contributed by atoms with Crippen molar-refractivity contribution >= 4 is 10.0 Å². The molecule has 6 nitrogen and oxygen atoms in total. The lowest BCUT2D eigenvalue weighted by atomic mass is 10.0. The van der Waals surface area contributed by atoms with Crippen LogP contribution in [0.4, 0.5) is 4.39 Å². The van der Waals surface area contributed by atoms with Gasteiger partial charge < -0.3 is 9.64 Å². The summed E-state index contributed by atoms with van der Waals surface area (Å²) in [5.74, 6) is -0.391. The van der Waals surface area contributed by atoms with Gasteiger partial charge in [0.25, 0.3) is 0 Å². The van der Waals surface area contributed by atoms with Crippen LogP contribution in [0.5, 0.6) is 0 Å². The zero-order chi connectivity index (χ0) is 19.4. The van der Waals surface area contributed by atoms with Crippen molar-refractivity contribution in [1.82, 2.24) is 14.5 Å². The molecule has 0 radical (unpaired) electrons. The Morgan fingerprint density at radius 1 is 1.26 bits per heavy atom. The second kappa shape index (κ2) is 8.96. The van der Waals surface area contributed by atoms with Crippen molar-refractivity contribution in [2.75, 3.05) is 46.9 Å². The fourth-order valence-corrected chi connectivity index (χ4v) is 5.59. The third-order valence-electron chi connectivity index (χ3n) is 5.35. The predicted molar refractivity (Wildman–Crippen MR) is 103 cm³/mol. The molecule has 1 N–H and O–H groups in total. The van der Waals surface area contributed by atoms with E-state index in [1.165, 1.54) is 18.2 Å². The van der Waals surface area contributed by atoms with Crippen molar-refractivity contribution in [1.29, 1.82) is 0 Å². The molecule has 3 rings (SSSR count). The molecule has 0 aromatic heterocycles. The highest BCUT2D eigenvalue weighted by molar-refractivity contribution is 7.88. The number of ether oxygens (including phenoxy) is 1. The maximum absolute atomic E-state index is 13.4. The van der Waals surface area contributed by atoms with E-state index >= 15 is 0 Å². The zero-order valence-electron chi connectivity index (χ0n) is 16.1. The molecule has 0 spiro atoms. The molecule has 2 aliphatic rings. The number of nitrogens with zero attached hydrogens (tertiary/aromatic N) is 2. The van der Waals surface area contributed by atoms with Crippen molar-refractivity contribution < 1.29 is 17.5 Å². The van der Waals surface area contributed by atoms with Gasteiger partial charge in [-0.25, -0.2) is 17.5 Å². The van der Waals surface area contributed by atoms with Gasteiger partial charge in [0.1, 0.15) is 5.82 Å². The van der Waals surface area contributed by atoms with Crippen LogP contribution in [-0.2, 0) is 20.5 Å². The first-order valence-corrected chi connectivity index (χ1v) is 11.2. The summed E-state index contributed by atoms with van der Waals surface area (Å²) in [4.78, 5) is 4.51. The molecule has 2 fully saturated rings. The summed E-state index contributed by atoms with van der Waals surface area (Å²) in [6, 6.07) is 6.11. The fourth-order valence-electron chi connectivity index (χ4n) is 4.16. The Labute approximate surface area is 161 Å². The molecule has 0 saturated carbocycles. The number of benzene rings is 1. The average molecular weight is 400 g/mol. The first kappa shape index (κ1) is 20.7. The lowest BCUT2D eigenvalue weighted by Gasteiger charge is -2.31. The van der Waals surface area contributed by atoms with Gasteiger partial charge in [0.2, 0.25) is 10.0 Å². The van der Waals surface area contributed by atoms with E-state index in [0.29, 0.717) is 18.2 Å². The van der Waals surface area contributed by atoms with Gasteiger partial charge in [-0.05, 0) is 44.6 Å². The number of hydrogen-bond donors (Lipinski definition) is 1. The average Bonchev–Trinajstić information content (AvgIpc) is 2.96. The summed E-state index contributed by atoms with van der Waals surface area (Å²) >= 11 is 0. The first-order chi connectivity index (χ1) is 12.8. The monoisotopic (exact) mass is 399 g/mol. The van der Waals surface area contributed by atoms with Crippen LogP contribution in [0.3, 0.4) is 0 Å². The number of sulfonamides is 1. The lowest BCUT2D eigenvalue weighted by molar-refractivity contribution is 0.0405. The van der Waals surface area contributed by atoms with Crippen LogP contribution in [0.25, 0.3) is 0 Å². The summed E-state index contributed by atoms with van der Waals surface area (Å²) in [5, 5.41) is 0. The van der Waals surface area contributed by atoms with Gasteiger partial charge in [0, 0.05) is 50.8 Å². The number of nitrogens with one attached hydrogen (secondary N) is 1. The van der Waals surface area contributed by atoms with E-state index in [0.717, 1.165) is 39.1 Å². The largest absolute Gasteiger partial charge is 0.381 e. The molecule has 2 heterocycles. The Bertz CT molecular complexity index is 723. The molecule has 1 aromatic rings. The normalized spacial score (nSPS) is 25.3. The molecule has 152 valence electrons. The number of hydrogen-bond acceptors (Lipinski definition) is 5. The van der Waals surface area contributed by atoms with E-state index in [1.807, 2.05) is 14.1 Å². The lowest BCUT2D eigenvalue weighted by Crippen LogP contribution is -2.44. The van der Waals surface area contributed by atoms with Crippen molar-refractivity contribution in [3.05, 3.63) is 35.6 Å². The Balaban J connectivity index is 1.67. The first-order valence-electron chi connectivity index (χ1n) is 9.53. The van der Waals surface area contributed by atoms with Crippen LogP contribution in [0.15, 0.2) is 24.3 Å². The summed E-state index contributed by atoms with van der Waals surface area (Å²) in [6.45, 7) is 3.97. The Morgan fingerprint density at radius 3 is 2.67 bits per heavy atom. The Kier molecular flexibility index (Phi) is 6.86. The van der Waals surface area contributed by atoms with E-state index in [2.05, 4.69) is 14.5 Å². The molecule has 1 aromatic carbocycles.